The van der Waals surface area contributed by atoms with Crippen molar-refractivity contribution < 1.29 is 4.79 Å². The number of hydrogen-bond acceptors (Lipinski definition) is 3. The molecule has 2 aromatic heterocycles. The van der Waals surface area contributed by atoms with Gasteiger partial charge in [0.25, 0.3) is 0 Å². The van der Waals surface area contributed by atoms with E-state index in [9.17, 15) is 4.79 Å². The minimum atomic E-state index is -0.403. The SMILES string of the molecule is Cc1nn(C)c2ncc(NC(=O)C3(c4ccc(Br)cc4)CC3)cc12. The van der Waals surface area contributed by atoms with E-state index in [2.05, 4.69) is 31.3 Å². The molecule has 2 heterocycles. The highest BCUT2D eigenvalue weighted by atomic mass is 79.9. The van der Waals surface area contributed by atoms with Crippen molar-refractivity contribution in [1.29, 1.82) is 0 Å². The fourth-order valence-electron chi connectivity index (χ4n) is 3.17. The predicted octanol–water partition coefficient (Wildman–Crippen LogP) is 3.71. The fraction of sp³-hybridized carbons (Fsp3) is 0.278. The van der Waals surface area contributed by atoms with Crippen LogP contribution in [0.3, 0.4) is 0 Å². The summed E-state index contributed by atoms with van der Waals surface area (Å²) in [6.07, 6.45) is 3.45. The maximum atomic E-state index is 12.8. The summed E-state index contributed by atoms with van der Waals surface area (Å²) in [5.74, 6) is 0.0347. The van der Waals surface area contributed by atoms with Gasteiger partial charge in [-0.2, -0.15) is 5.10 Å². The monoisotopic (exact) mass is 384 g/mol. The Bertz CT molecular complexity index is 942. The van der Waals surface area contributed by atoms with Crippen LogP contribution in [0.5, 0.6) is 0 Å². The van der Waals surface area contributed by atoms with Gasteiger partial charge >= 0.3 is 0 Å². The van der Waals surface area contributed by atoms with Crippen LogP contribution in [0.1, 0.15) is 24.1 Å². The van der Waals surface area contributed by atoms with Crippen molar-refractivity contribution in [3.63, 3.8) is 0 Å². The zero-order valence-corrected chi connectivity index (χ0v) is 15.1. The van der Waals surface area contributed by atoms with Crippen molar-refractivity contribution in [2.45, 2.75) is 25.2 Å². The second-order valence-corrected chi connectivity index (χ2v) is 7.26. The van der Waals surface area contributed by atoms with Gasteiger partial charge in [0.1, 0.15) is 0 Å². The summed E-state index contributed by atoms with van der Waals surface area (Å²) in [5.41, 5.74) is 3.10. The Balaban J connectivity index is 1.62. The molecular weight excluding hydrogens is 368 g/mol. The van der Waals surface area contributed by atoms with Gasteiger partial charge in [0.15, 0.2) is 5.65 Å². The van der Waals surface area contributed by atoms with E-state index in [0.717, 1.165) is 39.6 Å². The zero-order valence-electron chi connectivity index (χ0n) is 13.5. The Morgan fingerprint density at radius 3 is 2.67 bits per heavy atom. The van der Waals surface area contributed by atoms with Gasteiger partial charge in [-0.25, -0.2) is 4.98 Å². The number of amides is 1. The molecule has 6 heteroatoms. The Labute approximate surface area is 148 Å². The van der Waals surface area contributed by atoms with E-state index in [1.165, 1.54) is 0 Å². The van der Waals surface area contributed by atoms with Crippen molar-refractivity contribution in [3.05, 3.63) is 52.3 Å². The molecule has 0 atom stereocenters. The van der Waals surface area contributed by atoms with Crippen LogP contribution in [-0.4, -0.2) is 20.7 Å². The van der Waals surface area contributed by atoms with Crippen molar-refractivity contribution in [3.8, 4) is 0 Å². The van der Waals surface area contributed by atoms with Crippen LogP contribution in [0.2, 0.25) is 0 Å². The lowest BCUT2D eigenvalue weighted by molar-refractivity contribution is -0.118. The minimum Gasteiger partial charge on any atom is -0.324 e. The molecule has 0 saturated heterocycles. The second-order valence-electron chi connectivity index (χ2n) is 6.35. The number of nitrogens with one attached hydrogen (secondary N) is 1. The Morgan fingerprint density at radius 2 is 2.00 bits per heavy atom. The first-order valence-electron chi connectivity index (χ1n) is 7.86. The third-order valence-corrected chi connectivity index (χ3v) is 5.23. The molecule has 1 saturated carbocycles. The van der Waals surface area contributed by atoms with Crippen LogP contribution in [-0.2, 0) is 17.3 Å². The van der Waals surface area contributed by atoms with Crippen molar-refractivity contribution >= 4 is 38.6 Å². The number of carbonyl (C=O) groups is 1. The second kappa shape index (κ2) is 5.41. The summed E-state index contributed by atoms with van der Waals surface area (Å²) in [6.45, 7) is 1.94. The number of pyridine rings is 1. The average Bonchev–Trinajstić information content (AvgIpc) is 3.32. The van der Waals surface area contributed by atoms with E-state index < -0.39 is 5.41 Å². The number of carbonyl (C=O) groups excluding carboxylic acids is 1. The first kappa shape index (κ1) is 15.3. The van der Waals surface area contributed by atoms with Gasteiger partial charge < -0.3 is 5.32 Å². The highest BCUT2D eigenvalue weighted by molar-refractivity contribution is 9.10. The molecule has 0 radical (unpaired) electrons. The van der Waals surface area contributed by atoms with E-state index in [4.69, 9.17) is 0 Å². The van der Waals surface area contributed by atoms with Crippen molar-refractivity contribution in [2.75, 3.05) is 5.32 Å². The van der Waals surface area contributed by atoms with Gasteiger partial charge in [-0.1, -0.05) is 28.1 Å². The number of rotatable bonds is 3. The molecule has 1 aromatic carbocycles. The van der Waals surface area contributed by atoms with E-state index in [-0.39, 0.29) is 5.91 Å². The highest BCUT2D eigenvalue weighted by Gasteiger charge is 2.51. The summed E-state index contributed by atoms with van der Waals surface area (Å²) in [4.78, 5) is 17.3. The first-order valence-corrected chi connectivity index (χ1v) is 8.66. The zero-order chi connectivity index (χ0) is 16.9. The third-order valence-electron chi connectivity index (χ3n) is 4.70. The number of halogens is 1. The van der Waals surface area contributed by atoms with Crippen LogP contribution in [0.4, 0.5) is 5.69 Å². The highest BCUT2D eigenvalue weighted by Crippen LogP contribution is 2.49. The molecule has 1 amide bonds. The number of benzene rings is 1. The maximum Gasteiger partial charge on any atom is 0.235 e. The number of anilines is 1. The van der Waals surface area contributed by atoms with Crippen LogP contribution < -0.4 is 5.32 Å². The number of aromatic nitrogens is 3. The smallest absolute Gasteiger partial charge is 0.235 e. The standard InChI is InChI=1S/C18H17BrN4O/c1-11-15-9-14(10-20-16(15)23(2)22-11)21-17(24)18(7-8-18)12-3-5-13(19)6-4-12/h3-6,9-10H,7-8H2,1-2H3,(H,21,24). The molecule has 0 unspecified atom stereocenters. The van der Waals surface area contributed by atoms with Crippen LogP contribution in [0.15, 0.2) is 41.0 Å². The fourth-order valence-corrected chi connectivity index (χ4v) is 3.43. The molecule has 3 aromatic rings. The van der Waals surface area contributed by atoms with Crippen LogP contribution in [0, 0.1) is 6.92 Å². The predicted molar refractivity (Wildman–Crippen MR) is 96.9 cm³/mol. The molecule has 4 rings (SSSR count). The maximum absolute atomic E-state index is 12.8. The van der Waals surface area contributed by atoms with Crippen molar-refractivity contribution in [1.82, 2.24) is 14.8 Å². The van der Waals surface area contributed by atoms with E-state index in [1.54, 1.807) is 10.9 Å². The topological polar surface area (TPSA) is 59.8 Å². The first-order chi connectivity index (χ1) is 11.5. The summed E-state index contributed by atoms with van der Waals surface area (Å²) >= 11 is 3.44. The lowest BCUT2D eigenvalue weighted by atomic mass is 9.95. The van der Waals surface area contributed by atoms with Gasteiger partial charge in [-0.15, -0.1) is 0 Å². The quantitative estimate of drug-likeness (QED) is 0.748. The lowest BCUT2D eigenvalue weighted by Gasteiger charge is -2.16. The molecule has 5 nitrogen and oxygen atoms in total. The number of nitrogens with zero attached hydrogens (tertiary/aromatic N) is 3. The van der Waals surface area contributed by atoms with Gasteiger partial charge in [0.05, 0.1) is 23.0 Å². The van der Waals surface area contributed by atoms with Crippen LogP contribution in [0.25, 0.3) is 11.0 Å². The number of hydrogen-bond donors (Lipinski definition) is 1. The molecule has 122 valence electrons. The summed E-state index contributed by atoms with van der Waals surface area (Å²) in [5, 5.41) is 8.36. The van der Waals surface area contributed by atoms with E-state index in [1.807, 2.05) is 44.3 Å². The van der Waals surface area contributed by atoms with Crippen LogP contribution >= 0.6 is 15.9 Å². The molecule has 1 aliphatic rings. The van der Waals surface area contributed by atoms with Gasteiger partial charge in [0.2, 0.25) is 5.91 Å². The largest absolute Gasteiger partial charge is 0.324 e. The van der Waals surface area contributed by atoms with Gasteiger partial charge in [-0.05, 0) is 43.5 Å². The molecule has 0 aliphatic heterocycles. The molecule has 0 bridgehead atoms. The normalized spacial score (nSPS) is 15.5. The Kier molecular flexibility index (Phi) is 3.46. The van der Waals surface area contributed by atoms with Crippen molar-refractivity contribution in [2.24, 2.45) is 7.05 Å². The summed E-state index contributed by atoms with van der Waals surface area (Å²) in [6, 6.07) is 9.94. The molecular formula is C18H17BrN4O. The van der Waals surface area contributed by atoms with Gasteiger partial charge in [-0.3, -0.25) is 9.48 Å². The third kappa shape index (κ3) is 2.41. The summed E-state index contributed by atoms with van der Waals surface area (Å²) < 4.78 is 2.77. The van der Waals surface area contributed by atoms with Gasteiger partial charge in [0, 0.05) is 16.9 Å². The summed E-state index contributed by atoms with van der Waals surface area (Å²) in [7, 11) is 1.87. The Hall–Kier alpha value is -2.21. The molecule has 1 aliphatic carbocycles. The average molecular weight is 385 g/mol. The molecule has 0 spiro atoms. The molecule has 1 fully saturated rings. The van der Waals surface area contributed by atoms with E-state index >= 15 is 0 Å². The Morgan fingerprint density at radius 1 is 1.29 bits per heavy atom. The number of fused-ring (bicyclic) bond motifs is 1. The minimum absolute atomic E-state index is 0.0347. The number of aryl methyl sites for hydroxylation is 2. The lowest BCUT2D eigenvalue weighted by Crippen LogP contribution is -2.27. The molecule has 1 N–H and O–H groups in total. The van der Waals surface area contributed by atoms with E-state index in [0.29, 0.717) is 5.69 Å². The molecule has 24 heavy (non-hydrogen) atoms.